The number of rotatable bonds is 35. The van der Waals surface area contributed by atoms with E-state index in [1.54, 1.807) is 0 Å². The first-order valence-corrected chi connectivity index (χ1v) is 19.7. The number of hydrogen-bond donors (Lipinski definition) is 1. The lowest BCUT2D eigenvalue weighted by molar-refractivity contribution is -0.146. The van der Waals surface area contributed by atoms with E-state index >= 15 is 0 Å². The van der Waals surface area contributed by atoms with Crippen molar-refractivity contribution in [3.05, 3.63) is 0 Å². The summed E-state index contributed by atoms with van der Waals surface area (Å²) in [5.74, 6) is -0.0942. The van der Waals surface area contributed by atoms with Gasteiger partial charge >= 0.3 is 5.97 Å². The van der Waals surface area contributed by atoms with Crippen LogP contribution in [0.15, 0.2) is 0 Å². The second-order valence-electron chi connectivity index (χ2n) is 13.1. The predicted octanol–water partition coefficient (Wildman–Crippen LogP) is 12.4. The monoisotopic (exact) mass is 628 g/mol. The van der Waals surface area contributed by atoms with Crippen molar-refractivity contribution in [1.82, 2.24) is 5.32 Å². The fourth-order valence-electron chi connectivity index (χ4n) is 5.99. The van der Waals surface area contributed by atoms with Crippen LogP contribution in [0, 0.1) is 0 Å². The van der Waals surface area contributed by atoms with Gasteiger partial charge in [-0.15, -0.1) is 11.6 Å². The van der Waals surface area contributed by atoms with Gasteiger partial charge in [0.05, 0.1) is 0 Å². The van der Waals surface area contributed by atoms with Gasteiger partial charge in [0.1, 0.15) is 12.0 Å². The van der Waals surface area contributed by atoms with Gasteiger partial charge < -0.3 is 10.1 Å². The summed E-state index contributed by atoms with van der Waals surface area (Å²) >= 11 is 5.63. The maximum Gasteiger partial charge on any atom is 0.321 e. The fourth-order valence-corrected chi connectivity index (χ4v) is 6.05. The van der Waals surface area contributed by atoms with Crippen LogP contribution in [0.1, 0.15) is 213 Å². The third kappa shape index (κ3) is 34.0. The Balaban J connectivity index is 3.40. The van der Waals surface area contributed by atoms with E-state index in [4.69, 9.17) is 16.3 Å². The topological polar surface area (TPSA) is 55.4 Å². The first-order valence-electron chi connectivity index (χ1n) is 19.2. The number of esters is 1. The summed E-state index contributed by atoms with van der Waals surface area (Å²) in [6.45, 7) is 5.35. The molecule has 0 spiro atoms. The van der Waals surface area contributed by atoms with Gasteiger partial charge in [-0.25, -0.2) is 0 Å². The molecule has 256 valence electrons. The number of hydrogen-bond acceptors (Lipinski definition) is 3. The molecule has 0 aromatic rings. The molecule has 0 aromatic carbocycles. The molecule has 0 aliphatic heterocycles. The number of carbonyl (C=O) groups excluding carboxylic acids is 2. The maximum absolute atomic E-state index is 12.1. The van der Waals surface area contributed by atoms with E-state index < -0.39 is 0 Å². The van der Waals surface area contributed by atoms with Crippen molar-refractivity contribution in [3.8, 4) is 0 Å². The van der Waals surface area contributed by atoms with Gasteiger partial charge in [0.15, 0.2) is 0 Å². The Morgan fingerprint density at radius 1 is 0.512 bits per heavy atom. The summed E-state index contributed by atoms with van der Waals surface area (Å²) in [5.41, 5.74) is 0. The van der Waals surface area contributed by atoms with Crippen LogP contribution in [-0.2, 0) is 14.3 Å². The minimum Gasteiger partial charge on any atom is -0.461 e. The quantitative estimate of drug-likeness (QED) is 0.0432. The van der Waals surface area contributed by atoms with E-state index in [1.807, 2.05) is 0 Å². The normalized spacial score (nSPS) is 12.0. The van der Waals surface area contributed by atoms with Crippen molar-refractivity contribution in [2.24, 2.45) is 0 Å². The third-order valence-electron chi connectivity index (χ3n) is 8.82. The number of alkyl halides is 1. The molecular weight excluding hydrogens is 554 g/mol. The van der Waals surface area contributed by atoms with Crippen LogP contribution >= 0.6 is 11.6 Å². The summed E-state index contributed by atoms with van der Waals surface area (Å²) in [7, 11) is 0. The number of nitrogens with one attached hydrogen (secondary N) is 1. The molecule has 1 N–H and O–H groups in total. The highest BCUT2D eigenvalue weighted by Gasteiger charge is 2.13. The molecule has 5 heteroatoms. The Hall–Kier alpha value is -0.770. The highest BCUT2D eigenvalue weighted by Crippen LogP contribution is 2.17. The molecule has 0 rings (SSSR count). The maximum atomic E-state index is 12.1. The van der Waals surface area contributed by atoms with Crippen molar-refractivity contribution in [3.63, 3.8) is 0 Å². The van der Waals surface area contributed by atoms with Crippen LogP contribution in [0.3, 0.4) is 0 Å². The van der Waals surface area contributed by atoms with Gasteiger partial charge in [-0.1, -0.05) is 168 Å². The van der Waals surface area contributed by atoms with Gasteiger partial charge in [-0.2, -0.15) is 0 Å². The minimum atomic E-state index is -0.281. The van der Waals surface area contributed by atoms with Crippen molar-refractivity contribution in [2.75, 3.05) is 12.4 Å². The number of unbranched alkanes of at least 4 members (excludes halogenated alkanes) is 25. The second kappa shape index (κ2) is 35.7. The van der Waals surface area contributed by atoms with Crippen LogP contribution in [0.4, 0.5) is 0 Å². The Bertz CT molecular complexity index is 586. The van der Waals surface area contributed by atoms with E-state index in [-0.39, 0.29) is 23.9 Å². The Morgan fingerprint density at radius 3 is 1.28 bits per heavy atom. The average Bonchev–Trinajstić information content (AvgIpc) is 3.01. The van der Waals surface area contributed by atoms with Crippen LogP contribution in [0.25, 0.3) is 0 Å². The predicted molar refractivity (Wildman–Crippen MR) is 188 cm³/mol. The Labute approximate surface area is 274 Å². The molecule has 0 aliphatic carbocycles. The molecular formula is C38H74ClNO3. The highest BCUT2D eigenvalue weighted by molar-refractivity contribution is 6.26. The summed E-state index contributed by atoms with van der Waals surface area (Å²) in [4.78, 5) is 23.7. The lowest BCUT2D eigenvalue weighted by atomic mass is 10.0. The zero-order valence-electron chi connectivity index (χ0n) is 29.0. The van der Waals surface area contributed by atoms with Crippen molar-refractivity contribution in [1.29, 1.82) is 0 Å². The smallest absolute Gasteiger partial charge is 0.321 e. The molecule has 0 radical (unpaired) electrons. The highest BCUT2D eigenvalue weighted by atomic mass is 35.5. The molecule has 0 fully saturated rings. The van der Waals surface area contributed by atoms with Crippen LogP contribution < -0.4 is 5.32 Å². The van der Waals surface area contributed by atoms with Crippen molar-refractivity contribution in [2.45, 2.75) is 219 Å². The standard InChI is InChI=1S/C38H74ClNO3/c1-3-5-7-9-10-11-12-13-14-15-16-17-20-23-26-30-34-40-37(41)33-29-25-22-19-18-21-24-28-32-36(43-38(42)35-39)31-27-8-6-4-2/h36H,3-35H2,1-2H3,(H,40,41). The van der Waals surface area contributed by atoms with Crippen LogP contribution in [0.2, 0.25) is 0 Å². The molecule has 0 heterocycles. The zero-order valence-corrected chi connectivity index (χ0v) is 29.8. The van der Waals surface area contributed by atoms with E-state index in [9.17, 15) is 9.59 Å². The molecule has 43 heavy (non-hydrogen) atoms. The molecule has 1 atom stereocenters. The van der Waals surface area contributed by atoms with Gasteiger partial charge in [0.25, 0.3) is 0 Å². The van der Waals surface area contributed by atoms with Gasteiger partial charge in [-0.3, -0.25) is 9.59 Å². The van der Waals surface area contributed by atoms with E-state index in [0.717, 1.165) is 51.5 Å². The number of carbonyl (C=O) groups is 2. The van der Waals surface area contributed by atoms with Crippen LogP contribution in [0.5, 0.6) is 0 Å². The molecule has 0 saturated carbocycles. The summed E-state index contributed by atoms with van der Waals surface area (Å²) in [6, 6.07) is 0. The summed E-state index contributed by atoms with van der Waals surface area (Å²) < 4.78 is 5.55. The molecule has 4 nitrogen and oxygen atoms in total. The third-order valence-corrected chi connectivity index (χ3v) is 9.04. The van der Waals surface area contributed by atoms with Gasteiger partial charge in [0.2, 0.25) is 5.91 Å². The minimum absolute atomic E-state index is 0.0401. The largest absolute Gasteiger partial charge is 0.461 e. The zero-order chi connectivity index (χ0) is 31.5. The molecule has 0 saturated heterocycles. The average molecular weight is 628 g/mol. The van der Waals surface area contributed by atoms with E-state index in [1.165, 1.54) is 148 Å². The summed E-state index contributed by atoms with van der Waals surface area (Å²) in [6.07, 6.45) is 39.0. The molecule has 0 aliphatic rings. The van der Waals surface area contributed by atoms with Crippen molar-refractivity contribution >= 4 is 23.5 Å². The first kappa shape index (κ1) is 42.2. The SMILES string of the molecule is CCCCCCCCCCCCCCCCCCNC(=O)CCCCCCCCCCC(CCCCCC)OC(=O)CCl. The number of halogens is 1. The fraction of sp³-hybridized carbons (Fsp3) is 0.947. The van der Waals surface area contributed by atoms with Crippen molar-refractivity contribution < 1.29 is 14.3 Å². The number of ether oxygens (including phenoxy) is 1. The summed E-state index contributed by atoms with van der Waals surface area (Å²) in [5, 5.41) is 3.12. The van der Waals surface area contributed by atoms with E-state index in [2.05, 4.69) is 19.2 Å². The molecule has 1 unspecified atom stereocenters. The molecule has 1 amide bonds. The van der Waals surface area contributed by atoms with Crippen LogP contribution in [-0.4, -0.2) is 30.4 Å². The lowest BCUT2D eigenvalue weighted by Crippen LogP contribution is -2.23. The second-order valence-corrected chi connectivity index (χ2v) is 13.4. The Kier molecular flexibility index (Phi) is 35.1. The van der Waals surface area contributed by atoms with Gasteiger partial charge in [-0.05, 0) is 38.5 Å². The molecule has 0 bridgehead atoms. The van der Waals surface area contributed by atoms with E-state index in [0.29, 0.717) is 6.42 Å². The Morgan fingerprint density at radius 2 is 0.860 bits per heavy atom. The van der Waals surface area contributed by atoms with Gasteiger partial charge in [0, 0.05) is 13.0 Å². The lowest BCUT2D eigenvalue weighted by Gasteiger charge is -2.17. The number of amides is 1. The molecule has 0 aromatic heterocycles. The first-order chi connectivity index (χ1) is 21.1.